The predicted octanol–water partition coefficient (Wildman–Crippen LogP) is 0.747. The van der Waals surface area contributed by atoms with Gasteiger partial charge in [-0.05, 0) is 25.7 Å². The van der Waals surface area contributed by atoms with E-state index in [1.165, 1.54) is 4.90 Å². The van der Waals surface area contributed by atoms with Crippen LogP contribution in [-0.2, 0) is 4.79 Å². The van der Waals surface area contributed by atoms with Crippen LogP contribution >= 0.6 is 0 Å². The zero-order valence-electron chi connectivity index (χ0n) is 11.5. The molecule has 0 saturated carbocycles. The Morgan fingerprint density at radius 3 is 2.32 bits per heavy atom. The molecule has 6 nitrogen and oxygen atoms in total. The number of carbonyl (C=O) groups is 2. The predicted molar refractivity (Wildman–Crippen MR) is 68.7 cm³/mol. The number of rotatable bonds is 3. The second kappa shape index (κ2) is 5.36. The Hall–Kier alpha value is -1.30. The van der Waals surface area contributed by atoms with Crippen molar-refractivity contribution in [1.82, 2.24) is 9.80 Å². The summed E-state index contributed by atoms with van der Waals surface area (Å²) in [6.45, 7) is 1.81. The van der Waals surface area contributed by atoms with Crippen molar-refractivity contribution >= 4 is 12.0 Å². The SMILES string of the molecule is CC(CN(C)C(=O)N1C2CCC1CC(O)C2)C(=O)O. The molecule has 0 aromatic carbocycles. The molecule has 0 aromatic heterocycles. The van der Waals surface area contributed by atoms with Crippen LogP contribution in [0.5, 0.6) is 0 Å². The number of urea groups is 1. The van der Waals surface area contributed by atoms with Gasteiger partial charge in [-0.3, -0.25) is 4.79 Å². The first-order valence-electron chi connectivity index (χ1n) is 6.84. The molecule has 2 rings (SSSR count). The molecule has 19 heavy (non-hydrogen) atoms. The Morgan fingerprint density at radius 1 is 1.32 bits per heavy atom. The molecule has 6 heteroatoms. The highest BCUT2D eigenvalue weighted by Gasteiger charge is 2.43. The van der Waals surface area contributed by atoms with Crippen LogP contribution in [0.3, 0.4) is 0 Å². The van der Waals surface area contributed by atoms with Crippen LogP contribution < -0.4 is 0 Å². The van der Waals surface area contributed by atoms with Gasteiger partial charge in [0.2, 0.25) is 0 Å². The van der Waals surface area contributed by atoms with Crippen molar-refractivity contribution < 1.29 is 19.8 Å². The summed E-state index contributed by atoms with van der Waals surface area (Å²) in [6.07, 6.45) is 2.87. The summed E-state index contributed by atoms with van der Waals surface area (Å²) in [5.41, 5.74) is 0. The monoisotopic (exact) mass is 270 g/mol. The normalized spacial score (nSPS) is 31.1. The fourth-order valence-electron chi connectivity index (χ4n) is 3.22. The van der Waals surface area contributed by atoms with Gasteiger partial charge >= 0.3 is 12.0 Å². The van der Waals surface area contributed by atoms with Crippen molar-refractivity contribution in [3.05, 3.63) is 0 Å². The lowest BCUT2D eigenvalue weighted by Crippen LogP contribution is -2.53. The smallest absolute Gasteiger partial charge is 0.320 e. The number of hydrogen-bond donors (Lipinski definition) is 2. The zero-order chi connectivity index (χ0) is 14.2. The third-order valence-corrected chi connectivity index (χ3v) is 4.22. The molecule has 2 bridgehead atoms. The molecule has 2 fully saturated rings. The van der Waals surface area contributed by atoms with Gasteiger partial charge in [0, 0.05) is 25.7 Å². The first-order valence-corrected chi connectivity index (χ1v) is 6.84. The molecule has 2 aliphatic rings. The lowest BCUT2D eigenvalue weighted by Gasteiger charge is -2.39. The Morgan fingerprint density at radius 2 is 1.84 bits per heavy atom. The third-order valence-electron chi connectivity index (χ3n) is 4.22. The van der Waals surface area contributed by atoms with Crippen molar-refractivity contribution in [2.75, 3.05) is 13.6 Å². The molecule has 2 amide bonds. The lowest BCUT2D eigenvalue weighted by molar-refractivity contribution is -0.141. The summed E-state index contributed by atoms with van der Waals surface area (Å²) in [7, 11) is 1.65. The van der Waals surface area contributed by atoms with E-state index in [0.717, 1.165) is 12.8 Å². The van der Waals surface area contributed by atoms with Crippen LogP contribution in [0.4, 0.5) is 4.79 Å². The van der Waals surface area contributed by atoms with Crippen molar-refractivity contribution in [3.63, 3.8) is 0 Å². The van der Waals surface area contributed by atoms with Crippen molar-refractivity contribution in [2.24, 2.45) is 5.92 Å². The second-order valence-corrected chi connectivity index (χ2v) is 5.82. The van der Waals surface area contributed by atoms with Crippen LogP contribution in [-0.4, -0.2) is 63.8 Å². The molecule has 3 atom stereocenters. The largest absolute Gasteiger partial charge is 0.481 e. The summed E-state index contributed by atoms with van der Waals surface area (Å²) < 4.78 is 0. The molecule has 0 aliphatic carbocycles. The number of carbonyl (C=O) groups excluding carboxylic acids is 1. The van der Waals surface area contributed by atoms with Gasteiger partial charge in [-0.2, -0.15) is 0 Å². The van der Waals surface area contributed by atoms with E-state index >= 15 is 0 Å². The van der Waals surface area contributed by atoms with Gasteiger partial charge in [0.25, 0.3) is 0 Å². The molecule has 2 saturated heterocycles. The number of fused-ring (bicyclic) bond motifs is 2. The summed E-state index contributed by atoms with van der Waals surface area (Å²) in [5.74, 6) is -1.46. The Kier molecular flexibility index (Phi) is 3.99. The molecule has 2 N–H and O–H groups in total. The van der Waals surface area contributed by atoms with Crippen LogP contribution in [0.1, 0.15) is 32.6 Å². The molecule has 2 heterocycles. The summed E-state index contributed by atoms with van der Waals surface area (Å²) >= 11 is 0. The number of hydrogen-bond acceptors (Lipinski definition) is 3. The van der Waals surface area contributed by atoms with E-state index in [1.807, 2.05) is 4.90 Å². The molecule has 0 aromatic rings. The maximum atomic E-state index is 12.4. The summed E-state index contributed by atoms with van der Waals surface area (Å²) in [5, 5.41) is 18.6. The van der Waals surface area contributed by atoms with E-state index < -0.39 is 11.9 Å². The standard InChI is InChI=1S/C13H22N2O4/c1-8(12(17)18)7-14(2)13(19)15-9-3-4-10(15)6-11(16)5-9/h8-11,16H,3-7H2,1-2H3,(H,17,18). The average molecular weight is 270 g/mol. The molecule has 2 aliphatic heterocycles. The van der Waals surface area contributed by atoms with E-state index in [0.29, 0.717) is 12.8 Å². The minimum atomic E-state index is -0.892. The number of aliphatic hydroxyl groups is 1. The van der Waals surface area contributed by atoms with Crippen molar-refractivity contribution in [3.8, 4) is 0 Å². The minimum Gasteiger partial charge on any atom is -0.481 e. The van der Waals surface area contributed by atoms with Gasteiger partial charge < -0.3 is 20.0 Å². The van der Waals surface area contributed by atoms with Crippen molar-refractivity contribution in [1.29, 1.82) is 0 Å². The molecule has 108 valence electrons. The van der Waals surface area contributed by atoms with E-state index in [9.17, 15) is 14.7 Å². The molecular weight excluding hydrogens is 248 g/mol. The average Bonchev–Trinajstić information content (AvgIpc) is 2.60. The number of aliphatic carboxylic acids is 1. The van der Waals surface area contributed by atoms with Crippen LogP contribution in [0.15, 0.2) is 0 Å². The van der Waals surface area contributed by atoms with Gasteiger partial charge in [-0.15, -0.1) is 0 Å². The second-order valence-electron chi connectivity index (χ2n) is 5.82. The van der Waals surface area contributed by atoms with Gasteiger partial charge in [0.15, 0.2) is 0 Å². The first kappa shape index (κ1) is 14.1. The molecular formula is C13H22N2O4. The zero-order valence-corrected chi connectivity index (χ0v) is 11.5. The highest BCUT2D eigenvalue weighted by molar-refractivity contribution is 5.77. The van der Waals surface area contributed by atoms with Gasteiger partial charge in [0.1, 0.15) is 0 Å². The molecule has 0 radical (unpaired) electrons. The number of aliphatic hydroxyl groups excluding tert-OH is 1. The number of carboxylic acids is 1. The molecule has 0 spiro atoms. The summed E-state index contributed by atoms with van der Waals surface area (Å²) in [4.78, 5) is 26.6. The Labute approximate surface area is 113 Å². The topological polar surface area (TPSA) is 81.1 Å². The Balaban J connectivity index is 1.98. The van der Waals surface area contributed by atoms with Crippen LogP contribution in [0, 0.1) is 5.92 Å². The van der Waals surface area contributed by atoms with Gasteiger partial charge in [-0.1, -0.05) is 6.92 Å². The Bertz CT molecular complexity index is 360. The number of nitrogens with zero attached hydrogens (tertiary/aromatic N) is 2. The van der Waals surface area contributed by atoms with Gasteiger partial charge in [-0.25, -0.2) is 4.79 Å². The van der Waals surface area contributed by atoms with E-state index in [2.05, 4.69) is 0 Å². The van der Waals surface area contributed by atoms with E-state index in [1.54, 1.807) is 14.0 Å². The number of piperidine rings is 1. The lowest BCUT2D eigenvalue weighted by atomic mass is 10.0. The maximum Gasteiger partial charge on any atom is 0.320 e. The molecule has 3 unspecified atom stereocenters. The quantitative estimate of drug-likeness (QED) is 0.793. The minimum absolute atomic E-state index is 0.104. The number of carboxylic acid groups (broad SMARTS) is 1. The van der Waals surface area contributed by atoms with E-state index in [4.69, 9.17) is 5.11 Å². The maximum absolute atomic E-state index is 12.4. The number of amides is 2. The fraction of sp³-hybridized carbons (Fsp3) is 0.846. The highest BCUT2D eigenvalue weighted by Crippen LogP contribution is 2.36. The van der Waals surface area contributed by atoms with Crippen LogP contribution in [0.25, 0.3) is 0 Å². The van der Waals surface area contributed by atoms with Crippen molar-refractivity contribution in [2.45, 2.75) is 50.8 Å². The van der Waals surface area contributed by atoms with Gasteiger partial charge in [0.05, 0.1) is 12.0 Å². The van der Waals surface area contributed by atoms with E-state index in [-0.39, 0.29) is 30.8 Å². The van der Waals surface area contributed by atoms with Crippen LogP contribution in [0.2, 0.25) is 0 Å². The first-order chi connectivity index (χ1) is 8.90. The third kappa shape index (κ3) is 2.83. The summed E-state index contributed by atoms with van der Waals surface area (Å²) in [6, 6.07) is 0.125. The fourth-order valence-corrected chi connectivity index (χ4v) is 3.22. The highest BCUT2D eigenvalue weighted by atomic mass is 16.4.